The fraction of sp³-hybridized carbons (Fsp3) is 0.526. The molecule has 1 aromatic carbocycles. The minimum atomic E-state index is -0.685. The molecule has 2 heterocycles. The second-order valence-corrected chi connectivity index (χ2v) is 7.45. The van der Waals surface area contributed by atoms with Gasteiger partial charge in [0.05, 0.1) is 5.92 Å². The van der Waals surface area contributed by atoms with Crippen LogP contribution in [0, 0.1) is 11.8 Å². The lowest BCUT2D eigenvalue weighted by Gasteiger charge is -2.33. The molecule has 7 nitrogen and oxygen atoms in total. The van der Waals surface area contributed by atoms with E-state index in [1.807, 2.05) is 6.07 Å². The average molecular weight is 429 g/mol. The summed E-state index contributed by atoms with van der Waals surface area (Å²) in [6.07, 6.45) is 1.98. The molecule has 154 valence electrons. The maximum absolute atomic E-state index is 12.9. The Bertz CT molecular complexity index is 731. The summed E-state index contributed by atoms with van der Waals surface area (Å²) in [5, 5.41) is 3.34. The molecule has 3 rings (SSSR count). The number of hydrogen-bond acceptors (Lipinski definition) is 4. The van der Waals surface area contributed by atoms with Gasteiger partial charge in [-0.05, 0) is 37.5 Å². The van der Waals surface area contributed by atoms with Crippen LogP contribution in [0.5, 0.6) is 0 Å². The van der Waals surface area contributed by atoms with E-state index in [1.165, 1.54) is 0 Å². The first-order chi connectivity index (χ1) is 13.0. The Morgan fingerprint density at radius 3 is 2.75 bits per heavy atom. The number of halogens is 2. The van der Waals surface area contributed by atoms with Crippen molar-refractivity contribution in [3.63, 3.8) is 0 Å². The predicted molar refractivity (Wildman–Crippen MR) is 111 cm³/mol. The molecule has 28 heavy (non-hydrogen) atoms. The van der Waals surface area contributed by atoms with Gasteiger partial charge in [0.1, 0.15) is 5.92 Å². The number of amides is 3. The standard InChI is InChI=1S/C19H25ClN4O3.ClH/c20-14-4-1-5-15(11-14)24-10-6-16(19(24)27)18(26)23-9-2-3-13(12-23)17(25)22-8-7-21;/h1,4-5,11,13,16H,2-3,6-10,12,21H2,(H,22,25);1H. The van der Waals surface area contributed by atoms with Gasteiger partial charge in [-0.3, -0.25) is 14.4 Å². The number of nitrogens with zero attached hydrogens (tertiary/aromatic N) is 2. The number of likely N-dealkylation sites (tertiary alicyclic amines) is 1. The minimum absolute atomic E-state index is 0. The van der Waals surface area contributed by atoms with E-state index < -0.39 is 5.92 Å². The predicted octanol–water partition coefficient (Wildman–Crippen LogP) is 1.43. The molecule has 0 radical (unpaired) electrons. The zero-order valence-corrected chi connectivity index (χ0v) is 17.2. The van der Waals surface area contributed by atoms with E-state index in [1.54, 1.807) is 28.0 Å². The lowest BCUT2D eigenvalue weighted by molar-refractivity contribution is -0.142. The minimum Gasteiger partial charge on any atom is -0.355 e. The fourth-order valence-electron chi connectivity index (χ4n) is 3.76. The number of nitrogens with two attached hydrogens (primary N) is 1. The summed E-state index contributed by atoms with van der Waals surface area (Å²) in [5.74, 6) is -1.38. The highest BCUT2D eigenvalue weighted by Crippen LogP contribution is 2.29. The summed E-state index contributed by atoms with van der Waals surface area (Å²) < 4.78 is 0. The van der Waals surface area contributed by atoms with E-state index in [-0.39, 0.29) is 36.0 Å². The van der Waals surface area contributed by atoms with Crippen molar-refractivity contribution in [3.8, 4) is 0 Å². The van der Waals surface area contributed by atoms with E-state index in [0.717, 1.165) is 12.8 Å². The topological polar surface area (TPSA) is 95.7 Å². The molecule has 2 unspecified atom stereocenters. The van der Waals surface area contributed by atoms with Crippen LogP contribution in [0.25, 0.3) is 0 Å². The number of carbonyl (C=O) groups is 3. The maximum atomic E-state index is 12.9. The molecule has 2 aliphatic rings. The zero-order chi connectivity index (χ0) is 19.4. The molecule has 1 aromatic rings. The van der Waals surface area contributed by atoms with E-state index in [9.17, 15) is 14.4 Å². The molecule has 0 spiro atoms. The number of nitrogens with one attached hydrogen (secondary N) is 1. The Kier molecular flexibility index (Phi) is 8.10. The lowest BCUT2D eigenvalue weighted by Crippen LogP contribution is -2.48. The Morgan fingerprint density at radius 1 is 1.25 bits per heavy atom. The van der Waals surface area contributed by atoms with Gasteiger partial charge in [0.25, 0.3) is 0 Å². The van der Waals surface area contributed by atoms with Crippen LogP contribution >= 0.6 is 24.0 Å². The monoisotopic (exact) mass is 428 g/mol. The number of hydrogen-bond donors (Lipinski definition) is 2. The van der Waals surface area contributed by atoms with Crippen molar-refractivity contribution in [2.24, 2.45) is 17.6 Å². The Balaban J connectivity index is 0.00000280. The number of rotatable bonds is 5. The van der Waals surface area contributed by atoms with Crippen LogP contribution in [-0.2, 0) is 14.4 Å². The second kappa shape index (κ2) is 10.1. The van der Waals surface area contributed by atoms with E-state index >= 15 is 0 Å². The number of piperidine rings is 1. The van der Waals surface area contributed by atoms with E-state index in [0.29, 0.717) is 49.9 Å². The second-order valence-electron chi connectivity index (χ2n) is 7.01. The quantitative estimate of drug-likeness (QED) is 0.693. The zero-order valence-electron chi connectivity index (χ0n) is 15.6. The number of anilines is 1. The summed E-state index contributed by atoms with van der Waals surface area (Å²) in [7, 11) is 0. The van der Waals surface area contributed by atoms with Crippen molar-refractivity contribution in [1.82, 2.24) is 10.2 Å². The highest BCUT2D eigenvalue weighted by molar-refractivity contribution is 6.31. The van der Waals surface area contributed by atoms with Crippen LogP contribution in [0.3, 0.4) is 0 Å². The highest BCUT2D eigenvalue weighted by Gasteiger charge is 2.41. The molecule has 0 aromatic heterocycles. The highest BCUT2D eigenvalue weighted by atomic mass is 35.5. The van der Waals surface area contributed by atoms with Gasteiger partial charge in [-0.15, -0.1) is 12.4 Å². The van der Waals surface area contributed by atoms with Crippen molar-refractivity contribution in [2.75, 3.05) is 37.6 Å². The first kappa shape index (κ1) is 22.5. The number of carbonyl (C=O) groups excluding carboxylic acids is 3. The van der Waals surface area contributed by atoms with Crippen molar-refractivity contribution < 1.29 is 14.4 Å². The molecule has 0 saturated carbocycles. The lowest BCUT2D eigenvalue weighted by atomic mass is 9.95. The summed E-state index contributed by atoms with van der Waals surface area (Å²) in [6, 6.07) is 7.08. The fourth-order valence-corrected chi connectivity index (χ4v) is 3.95. The molecule has 2 aliphatic heterocycles. The smallest absolute Gasteiger partial charge is 0.239 e. The molecular formula is C19H26Cl2N4O3. The van der Waals surface area contributed by atoms with Crippen LogP contribution in [0.15, 0.2) is 24.3 Å². The number of benzene rings is 1. The van der Waals surface area contributed by atoms with Crippen molar-refractivity contribution >= 4 is 47.4 Å². The van der Waals surface area contributed by atoms with Gasteiger partial charge >= 0.3 is 0 Å². The largest absolute Gasteiger partial charge is 0.355 e. The van der Waals surface area contributed by atoms with Crippen LogP contribution in [0.2, 0.25) is 5.02 Å². The van der Waals surface area contributed by atoms with Gasteiger partial charge in [-0.2, -0.15) is 0 Å². The van der Waals surface area contributed by atoms with Gasteiger partial charge in [0.2, 0.25) is 17.7 Å². The Hall–Kier alpha value is -1.83. The molecule has 9 heteroatoms. The third-order valence-corrected chi connectivity index (χ3v) is 5.41. The molecule has 2 saturated heterocycles. The average Bonchev–Trinajstić information content (AvgIpc) is 3.07. The SMILES string of the molecule is Cl.NCCNC(=O)C1CCCN(C(=O)C2CCN(c3cccc(Cl)c3)C2=O)C1. The van der Waals surface area contributed by atoms with Crippen molar-refractivity contribution in [2.45, 2.75) is 19.3 Å². The molecule has 2 atom stereocenters. The third-order valence-electron chi connectivity index (χ3n) is 5.17. The third kappa shape index (κ3) is 4.96. The molecule has 0 bridgehead atoms. The van der Waals surface area contributed by atoms with Crippen LogP contribution in [0.1, 0.15) is 19.3 Å². The summed E-state index contributed by atoms with van der Waals surface area (Å²) in [5.41, 5.74) is 6.13. The Labute approximate surface area is 176 Å². The Morgan fingerprint density at radius 2 is 2.04 bits per heavy atom. The first-order valence-corrected chi connectivity index (χ1v) is 9.72. The maximum Gasteiger partial charge on any atom is 0.239 e. The molecular weight excluding hydrogens is 403 g/mol. The van der Waals surface area contributed by atoms with E-state index in [2.05, 4.69) is 5.32 Å². The van der Waals surface area contributed by atoms with Crippen LogP contribution in [0.4, 0.5) is 5.69 Å². The van der Waals surface area contributed by atoms with Gasteiger partial charge < -0.3 is 20.9 Å². The van der Waals surface area contributed by atoms with Crippen LogP contribution < -0.4 is 16.0 Å². The van der Waals surface area contributed by atoms with Crippen molar-refractivity contribution in [3.05, 3.63) is 29.3 Å². The van der Waals surface area contributed by atoms with Gasteiger partial charge in [-0.1, -0.05) is 17.7 Å². The van der Waals surface area contributed by atoms with Crippen molar-refractivity contribution in [1.29, 1.82) is 0 Å². The normalized spacial score (nSPS) is 22.0. The van der Waals surface area contributed by atoms with Crippen LogP contribution in [-0.4, -0.2) is 55.3 Å². The van der Waals surface area contributed by atoms with Gasteiger partial charge in [-0.25, -0.2) is 0 Å². The van der Waals surface area contributed by atoms with E-state index in [4.69, 9.17) is 17.3 Å². The molecule has 3 N–H and O–H groups in total. The molecule has 2 fully saturated rings. The van der Waals surface area contributed by atoms with Gasteiger partial charge in [0.15, 0.2) is 0 Å². The molecule has 0 aliphatic carbocycles. The summed E-state index contributed by atoms with van der Waals surface area (Å²) >= 11 is 6.01. The summed E-state index contributed by atoms with van der Waals surface area (Å²) in [6.45, 7) is 2.25. The molecule has 3 amide bonds. The first-order valence-electron chi connectivity index (χ1n) is 9.34. The summed E-state index contributed by atoms with van der Waals surface area (Å²) in [4.78, 5) is 41.2. The van der Waals surface area contributed by atoms with Gasteiger partial charge in [0, 0.05) is 43.4 Å².